The molecule has 0 heterocycles. The fourth-order valence-corrected chi connectivity index (χ4v) is 4.53. The zero-order valence-corrected chi connectivity index (χ0v) is 22.6. The van der Waals surface area contributed by atoms with Crippen LogP contribution in [-0.2, 0) is 28.0 Å². The van der Waals surface area contributed by atoms with Gasteiger partial charge in [0.1, 0.15) is 11.8 Å². The molecule has 7 heteroatoms. The number of hydrogen-bond acceptors (Lipinski definition) is 3. The molecule has 0 saturated heterocycles. The summed E-state index contributed by atoms with van der Waals surface area (Å²) in [5, 5.41) is 3.55. The molecular formula is C29H32Cl2N2O3. The van der Waals surface area contributed by atoms with Crippen LogP contribution in [0.4, 0.5) is 0 Å². The molecule has 0 bridgehead atoms. The molecule has 0 aliphatic heterocycles. The number of benzene rings is 3. The minimum Gasteiger partial charge on any atom is -0.483 e. The van der Waals surface area contributed by atoms with E-state index in [1.165, 1.54) is 4.90 Å². The zero-order chi connectivity index (χ0) is 26.3. The van der Waals surface area contributed by atoms with Gasteiger partial charge in [-0.05, 0) is 34.7 Å². The molecule has 0 spiro atoms. The molecule has 0 radical (unpaired) electrons. The molecule has 0 fully saturated rings. The van der Waals surface area contributed by atoms with Crippen LogP contribution in [-0.4, -0.2) is 36.4 Å². The molecule has 0 aromatic heterocycles. The van der Waals surface area contributed by atoms with Gasteiger partial charge in [0.15, 0.2) is 6.61 Å². The van der Waals surface area contributed by atoms with Crippen molar-refractivity contribution in [3.63, 3.8) is 0 Å². The molecule has 1 N–H and O–H groups in total. The highest BCUT2D eigenvalue weighted by atomic mass is 35.5. The number of hydrogen-bond donors (Lipinski definition) is 1. The topological polar surface area (TPSA) is 58.6 Å². The molecule has 0 aliphatic rings. The Bertz CT molecular complexity index is 1170. The number of amides is 2. The summed E-state index contributed by atoms with van der Waals surface area (Å²) in [5.74, 6) is -0.00155. The minimum absolute atomic E-state index is 0.0620. The van der Waals surface area contributed by atoms with Gasteiger partial charge in [0.05, 0.1) is 0 Å². The molecule has 190 valence electrons. The van der Waals surface area contributed by atoms with Crippen molar-refractivity contribution < 1.29 is 14.3 Å². The van der Waals surface area contributed by atoms with E-state index in [2.05, 4.69) is 26.1 Å². The van der Waals surface area contributed by atoms with Crippen LogP contribution in [0, 0.1) is 0 Å². The lowest BCUT2D eigenvalue weighted by atomic mass is 9.86. The summed E-state index contributed by atoms with van der Waals surface area (Å²) in [4.78, 5) is 28.3. The van der Waals surface area contributed by atoms with Gasteiger partial charge < -0.3 is 15.0 Å². The Morgan fingerprint density at radius 2 is 1.53 bits per heavy atom. The smallest absolute Gasteiger partial charge is 0.261 e. The van der Waals surface area contributed by atoms with Crippen LogP contribution < -0.4 is 10.1 Å². The molecule has 0 aliphatic carbocycles. The number of likely N-dealkylation sites (N-methyl/N-ethyl adjacent to an activating group) is 1. The number of ether oxygens (including phenoxy) is 1. The van der Waals surface area contributed by atoms with E-state index in [9.17, 15) is 9.59 Å². The first kappa shape index (κ1) is 27.6. The second-order valence-electron chi connectivity index (χ2n) is 9.58. The standard InChI is InChI=1S/C29H32Cl2N2O3/c1-29(2,3)22-13-8-9-16-26(22)36-19-27(34)33(18-21-23(30)14-10-15-24(21)31)25(28(35)32-4)17-20-11-6-5-7-12-20/h5-16,25H,17-19H2,1-4H3,(H,32,35)/t25-/m1/s1. The van der Waals surface area contributed by atoms with Gasteiger partial charge in [0.2, 0.25) is 5.91 Å². The summed E-state index contributed by atoms with van der Waals surface area (Å²) < 4.78 is 6.03. The van der Waals surface area contributed by atoms with Crippen molar-refractivity contribution in [3.05, 3.63) is 99.5 Å². The summed E-state index contributed by atoms with van der Waals surface area (Å²) in [6, 6.07) is 21.6. The Morgan fingerprint density at radius 3 is 2.14 bits per heavy atom. The van der Waals surface area contributed by atoms with Crippen molar-refractivity contribution in [1.29, 1.82) is 0 Å². The Kier molecular flexibility index (Phi) is 9.41. The highest BCUT2D eigenvalue weighted by Gasteiger charge is 2.31. The van der Waals surface area contributed by atoms with E-state index >= 15 is 0 Å². The van der Waals surface area contributed by atoms with Crippen LogP contribution in [0.15, 0.2) is 72.8 Å². The fourth-order valence-electron chi connectivity index (χ4n) is 4.01. The number of nitrogens with zero attached hydrogens (tertiary/aromatic N) is 1. The molecule has 3 rings (SSSR count). The summed E-state index contributed by atoms with van der Waals surface area (Å²) in [7, 11) is 1.56. The van der Waals surface area contributed by atoms with E-state index in [0.717, 1.165) is 11.1 Å². The quantitative estimate of drug-likeness (QED) is 0.368. The Hall–Kier alpha value is -3.02. The molecule has 0 saturated carbocycles. The number of rotatable bonds is 9. The second kappa shape index (κ2) is 12.3. The molecule has 0 unspecified atom stereocenters. The van der Waals surface area contributed by atoms with Crippen LogP contribution in [0.2, 0.25) is 10.0 Å². The van der Waals surface area contributed by atoms with Crippen LogP contribution >= 0.6 is 23.2 Å². The number of halogens is 2. The number of carbonyl (C=O) groups excluding carboxylic acids is 2. The van der Waals surface area contributed by atoms with Crippen LogP contribution in [0.1, 0.15) is 37.5 Å². The number of nitrogens with one attached hydrogen (secondary N) is 1. The van der Waals surface area contributed by atoms with E-state index in [-0.39, 0.29) is 30.4 Å². The first-order valence-electron chi connectivity index (χ1n) is 11.8. The number of carbonyl (C=O) groups is 2. The SMILES string of the molecule is CNC(=O)[C@@H](Cc1ccccc1)N(Cc1c(Cl)cccc1Cl)C(=O)COc1ccccc1C(C)(C)C. The summed E-state index contributed by atoms with van der Waals surface area (Å²) >= 11 is 12.9. The third kappa shape index (κ3) is 7.02. The summed E-state index contributed by atoms with van der Waals surface area (Å²) in [6.45, 7) is 6.09. The summed E-state index contributed by atoms with van der Waals surface area (Å²) in [5.41, 5.74) is 2.33. The van der Waals surface area contributed by atoms with Crippen molar-refractivity contribution in [2.45, 2.75) is 45.2 Å². The molecule has 1 atom stereocenters. The lowest BCUT2D eigenvalue weighted by Gasteiger charge is -2.32. The lowest BCUT2D eigenvalue weighted by Crippen LogP contribution is -2.51. The highest BCUT2D eigenvalue weighted by molar-refractivity contribution is 6.36. The van der Waals surface area contributed by atoms with Crippen LogP contribution in [0.3, 0.4) is 0 Å². The summed E-state index contributed by atoms with van der Waals surface area (Å²) in [6.07, 6.45) is 0.326. The third-order valence-electron chi connectivity index (χ3n) is 5.95. The largest absolute Gasteiger partial charge is 0.483 e. The third-order valence-corrected chi connectivity index (χ3v) is 6.66. The van der Waals surface area contributed by atoms with Crippen LogP contribution in [0.5, 0.6) is 5.75 Å². The van der Waals surface area contributed by atoms with Crippen molar-refractivity contribution in [2.24, 2.45) is 0 Å². The Labute approximate surface area is 223 Å². The van der Waals surface area contributed by atoms with E-state index < -0.39 is 6.04 Å². The van der Waals surface area contributed by atoms with Gasteiger partial charge in [-0.1, -0.05) is 98.6 Å². The minimum atomic E-state index is -0.793. The Morgan fingerprint density at radius 1 is 0.917 bits per heavy atom. The van der Waals surface area contributed by atoms with Gasteiger partial charge in [0, 0.05) is 35.6 Å². The highest BCUT2D eigenvalue weighted by Crippen LogP contribution is 2.31. The predicted molar refractivity (Wildman–Crippen MR) is 146 cm³/mol. The van der Waals surface area contributed by atoms with E-state index in [4.69, 9.17) is 27.9 Å². The van der Waals surface area contributed by atoms with Gasteiger partial charge in [0.25, 0.3) is 5.91 Å². The van der Waals surface area contributed by atoms with Gasteiger partial charge in [-0.3, -0.25) is 9.59 Å². The Balaban J connectivity index is 1.95. The monoisotopic (exact) mass is 526 g/mol. The molecule has 36 heavy (non-hydrogen) atoms. The molecule has 3 aromatic carbocycles. The maximum atomic E-state index is 13.7. The fraction of sp³-hybridized carbons (Fsp3) is 0.310. The normalized spacial score (nSPS) is 12.1. The maximum Gasteiger partial charge on any atom is 0.261 e. The molecule has 3 aromatic rings. The average Bonchev–Trinajstić information content (AvgIpc) is 2.86. The lowest BCUT2D eigenvalue weighted by molar-refractivity contribution is -0.142. The van der Waals surface area contributed by atoms with E-state index in [1.54, 1.807) is 25.2 Å². The van der Waals surface area contributed by atoms with E-state index in [0.29, 0.717) is 27.8 Å². The zero-order valence-electron chi connectivity index (χ0n) is 21.1. The predicted octanol–water partition coefficient (Wildman–Crippen LogP) is 6.06. The first-order valence-corrected chi connectivity index (χ1v) is 12.6. The van der Waals surface area contributed by atoms with Gasteiger partial charge >= 0.3 is 0 Å². The van der Waals surface area contributed by atoms with Crippen molar-refractivity contribution in [2.75, 3.05) is 13.7 Å². The maximum absolute atomic E-state index is 13.7. The molecule has 2 amide bonds. The van der Waals surface area contributed by atoms with Crippen molar-refractivity contribution in [3.8, 4) is 5.75 Å². The molecule has 5 nitrogen and oxygen atoms in total. The first-order chi connectivity index (χ1) is 17.1. The van der Waals surface area contributed by atoms with Crippen molar-refractivity contribution >= 4 is 35.0 Å². The van der Waals surface area contributed by atoms with Gasteiger partial charge in [-0.2, -0.15) is 0 Å². The average molecular weight is 527 g/mol. The second-order valence-corrected chi connectivity index (χ2v) is 10.4. The van der Waals surface area contributed by atoms with Gasteiger partial charge in [-0.25, -0.2) is 0 Å². The van der Waals surface area contributed by atoms with Crippen molar-refractivity contribution in [1.82, 2.24) is 10.2 Å². The number of para-hydroxylation sites is 1. The van der Waals surface area contributed by atoms with Crippen LogP contribution in [0.25, 0.3) is 0 Å². The van der Waals surface area contributed by atoms with Gasteiger partial charge in [-0.15, -0.1) is 0 Å². The van der Waals surface area contributed by atoms with E-state index in [1.807, 2.05) is 54.6 Å². The molecular weight excluding hydrogens is 495 g/mol.